The minimum absolute atomic E-state index is 0.221. The molecule has 0 spiro atoms. The van der Waals surface area contributed by atoms with E-state index in [0.29, 0.717) is 0 Å². The minimum Gasteiger partial charge on any atom is -0.459 e. The first-order valence-electron chi connectivity index (χ1n) is 6.67. The van der Waals surface area contributed by atoms with Crippen LogP contribution in [0.5, 0.6) is 0 Å². The Kier molecular flexibility index (Phi) is 6.19. The molecule has 0 aromatic carbocycles. The normalized spacial score (nSPS) is 15.2. The highest BCUT2D eigenvalue weighted by Gasteiger charge is 2.32. The van der Waals surface area contributed by atoms with E-state index in [1.54, 1.807) is 55.4 Å². The zero-order valence-electron chi connectivity index (χ0n) is 13.7. The molecule has 7 heteroatoms. The molecule has 0 aromatic heterocycles. The van der Waals surface area contributed by atoms with Crippen LogP contribution in [0.2, 0.25) is 0 Å². The van der Waals surface area contributed by atoms with Gasteiger partial charge in [-0.2, -0.15) is 17.9 Å². The summed E-state index contributed by atoms with van der Waals surface area (Å²) in [6, 6.07) is -0.922. The van der Waals surface area contributed by atoms with E-state index >= 15 is 0 Å². The number of hydrogen-bond acceptors (Lipinski definition) is 4. The van der Waals surface area contributed by atoms with Crippen LogP contribution in [0.15, 0.2) is 0 Å². The minimum atomic E-state index is -3.78. The van der Waals surface area contributed by atoms with Crippen molar-refractivity contribution in [2.24, 2.45) is 5.92 Å². The van der Waals surface area contributed by atoms with Gasteiger partial charge in [-0.3, -0.25) is 4.79 Å². The molecule has 0 heterocycles. The van der Waals surface area contributed by atoms with Crippen molar-refractivity contribution < 1.29 is 17.9 Å². The zero-order valence-corrected chi connectivity index (χ0v) is 14.5. The van der Waals surface area contributed by atoms with E-state index in [0.717, 1.165) is 0 Å². The molecule has 0 aliphatic heterocycles. The van der Waals surface area contributed by atoms with Crippen LogP contribution < -0.4 is 9.44 Å². The van der Waals surface area contributed by atoms with Gasteiger partial charge < -0.3 is 4.74 Å². The first kappa shape index (κ1) is 19.3. The quantitative estimate of drug-likeness (QED) is 0.755. The highest BCUT2D eigenvalue weighted by Crippen LogP contribution is 2.13. The van der Waals surface area contributed by atoms with Crippen molar-refractivity contribution in [2.45, 2.75) is 72.6 Å². The Hall–Kier alpha value is -0.660. The summed E-state index contributed by atoms with van der Waals surface area (Å²) in [5.41, 5.74) is -1.28. The molecule has 20 heavy (non-hydrogen) atoms. The number of esters is 1. The number of ether oxygens (including phenoxy) is 1. The maximum Gasteiger partial charge on any atom is 0.325 e. The second-order valence-electron chi connectivity index (χ2n) is 7.23. The van der Waals surface area contributed by atoms with Gasteiger partial charge in [0.05, 0.1) is 0 Å². The first-order valence-corrected chi connectivity index (χ1v) is 8.15. The van der Waals surface area contributed by atoms with Crippen LogP contribution in [-0.4, -0.2) is 31.6 Å². The van der Waals surface area contributed by atoms with Crippen molar-refractivity contribution in [3.63, 3.8) is 0 Å². The van der Waals surface area contributed by atoms with Crippen molar-refractivity contribution in [1.82, 2.24) is 9.44 Å². The molecule has 0 saturated carbocycles. The maximum atomic E-state index is 12.1. The molecule has 0 bridgehead atoms. The van der Waals surface area contributed by atoms with E-state index < -0.39 is 33.4 Å². The Morgan fingerprint density at radius 3 is 1.80 bits per heavy atom. The van der Waals surface area contributed by atoms with Gasteiger partial charge in [-0.05, 0) is 47.5 Å². The van der Waals surface area contributed by atoms with Crippen LogP contribution in [0.1, 0.15) is 55.4 Å². The van der Waals surface area contributed by atoms with E-state index in [4.69, 9.17) is 4.74 Å². The Balaban J connectivity index is 5.01. The maximum absolute atomic E-state index is 12.1. The molecule has 1 atom stereocenters. The molecule has 0 amide bonds. The Bertz CT molecular complexity index is 430. The number of nitrogens with one attached hydrogen (secondary N) is 2. The van der Waals surface area contributed by atoms with Gasteiger partial charge in [0, 0.05) is 5.54 Å². The standard InChI is InChI=1S/C13H28N2O4S/c1-9(2)10(11(16)19-13(6,7)8)14-20(17,18)15-12(3,4)5/h9-10,14-15H,1-8H3/t10-/m0/s1. The summed E-state index contributed by atoms with van der Waals surface area (Å²) in [5.74, 6) is -0.798. The molecule has 0 fully saturated rings. The molecule has 6 nitrogen and oxygen atoms in total. The largest absolute Gasteiger partial charge is 0.459 e. The Labute approximate surface area is 122 Å². The lowest BCUT2D eigenvalue weighted by molar-refractivity contribution is -0.158. The topological polar surface area (TPSA) is 84.5 Å². The molecule has 2 N–H and O–H groups in total. The first-order chi connectivity index (χ1) is 8.63. The molecular weight excluding hydrogens is 280 g/mol. The van der Waals surface area contributed by atoms with E-state index in [9.17, 15) is 13.2 Å². The fraction of sp³-hybridized carbons (Fsp3) is 0.923. The summed E-state index contributed by atoms with van der Waals surface area (Å²) in [4.78, 5) is 12.1. The van der Waals surface area contributed by atoms with Gasteiger partial charge in [0.15, 0.2) is 0 Å². The van der Waals surface area contributed by atoms with Gasteiger partial charge in [0.1, 0.15) is 11.6 Å². The molecule has 0 radical (unpaired) electrons. The Morgan fingerprint density at radius 2 is 1.50 bits per heavy atom. The van der Waals surface area contributed by atoms with Gasteiger partial charge in [-0.25, -0.2) is 0 Å². The van der Waals surface area contributed by atoms with Gasteiger partial charge in [-0.15, -0.1) is 0 Å². The summed E-state index contributed by atoms with van der Waals surface area (Å²) in [6.07, 6.45) is 0. The third-order valence-corrected chi connectivity index (χ3v) is 3.50. The predicted molar refractivity (Wildman–Crippen MR) is 79.4 cm³/mol. The molecule has 0 aliphatic carbocycles. The van der Waals surface area contributed by atoms with Crippen LogP contribution in [-0.2, 0) is 19.7 Å². The van der Waals surface area contributed by atoms with Crippen molar-refractivity contribution in [3.8, 4) is 0 Å². The fourth-order valence-electron chi connectivity index (χ4n) is 1.42. The fourth-order valence-corrected chi connectivity index (χ4v) is 2.99. The highest BCUT2D eigenvalue weighted by atomic mass is 32.2. The monoisotopic (exact) mass is 308 g/mol. The van der Waals surface area contributed by atoms with Gasteiger partial charge in [0.25, 0.3) is 10.2 Å². The summed E-state index contributed by atoms with van der Waals surface area (Å²) in [7, 11) is -3.78. The van der Waals surface area contributed by atoms with Crippen molar-refractivity contribution in [3.05, 3.63) is 0 Å². The van der Waals surface area contributed by atoms with E-state index in [-0.39, 0.29) is 5.92 Å². The molecule has 0 aromatic rings. The van der Waals surface area contributed by atoms with Crippen LogP contribution >= 0.6 is 0 Å². The van der Waals surface area contributed by atoms with E-state index in [1.165, 1.54) is 0 Å². The zero-order chi connectivity index (χ0) is 16.4. The van der Waals surface area contributed by atoms with Crippen LogP contribution in [0.4, 0.5) is 0 Å². The van der Waals surface area contributed by atoms with Crippen LogP contribution in [0.25, 0.3) is 0 Å². The van der Waals surface area contributed by atoms with Gasteiger partial charge in [-0.1, -0.05) is 13.8 Å². The Morgan fingerprint density at radius 1 is 1.05 bits per heavy atom. The van der Waals surface area contributed by atoms with Gasteiger partial charge >= 0.3 is 5.97 Å². The third-order valence-electron chi connectivity index (χ3n) is 2.05. The average molecular weight is 308 g/mol. The summed E-state index contributed by atoms with van der Waals surface area (Å²) >= 11 is 0. The lowest BCUT2D eigenvalue weighted by Gasteiger charge is -2.28. The molecule has 0 saturated heterocycles. The van der Waals surface area contributed by atoms with E-state index in [2.05, 4.69) is 9.44 Å². The predicted octanol–water partition coefficient (Wildman–Crippen LogP) is 1.58. The molecule has 0 aliphatic rings. The summed E-state index contributed by atoms with van der Waals surface area (Å²) < 4.78 is 34.1. The van der Waals surface area contributed by atoms with Crippen LogP contribution in [0.3, 0.4) is 0 Å². The average Bonchev–Trinajstić information content (AvgIpc) is 2.06. The lowest BCUT2D eigenvalue weighted by Crippen LogP contribution is -2.54. The number of rotatable bonds is 5. The van der Waals surface area contributed by atoms with Gasteiger partial charge in [0.2, 0.25) is 0 Å². The van der Waals surface area contributed by atoms with E-state index in [1.807, 2.05) is 0 Å². The lowest BCUT2D eigenvalue weighted by atomic mass is 10.1. The second-order valence-corrected chi connectivity index (χ2v) is 8.68. The van der Waals surface area contributed by atoms with Crippen LogP contribution in [0, 0.1) is 5.92 Å². The highest BCUT2D eigenvalue weighted by molar-refractivity contribution is 7.87. The summed E-state index contributed by atoms with van der Waals surface area (Å²) in [5, 5.41) is 0. The number of carbonyl (C=O) groups excluding carboxylic acids is 1. The smallest absolute Gasteiger partial charge is 0.325 e. The van der Waals surface area contributed by atoms with Crippen molar-refractivity contribution >= 4 is 16.2 Å². The molecule has 120 valence electrons. The molecule has 0 unspecified atom stereocenters. The molecular formula is C13H28N2O4S. The second kappa shape index (κ2) is 6.41. The summed E-state index contributed by atoms with van der Waals surface area (Å²) in [6.45, 7) is 13.9. The SMILES string of the molecule is CC(C)[C@H](NS(=O)(=O)NC(C)(C)C)C(=O)OC(C)(C)C. The number of carbonyl (C=O) groups is 1. The third kappa shape index (κ3) is 8.50. The van der Waals surface area contributed by atoms with Crippen molar-refractivity contribution in [2.75, 3.05) is 0 Å². The van der Waals surface area contributed by atoms with Crippen molar-refractivity contribution in [1.29, 1.82) is 0 Å². The molecule has 0 rings (SSSR count). The number of hydrogen-bond donors (Lipinski definition) is 2.